The summed E-state index contributed by atoms with van der Waals surface area (Å²) in [7, 11) is -3.71. The van der Waals surface area contributed by atoms with Crippen LogP contribution in [0.25, 0.3) is 0 Å². The van der Waals surface area contributed by atoms with Gasteiger partial charge in [-0.25, -0.2) is 13.6 Å². The molecule has 0 atom stereocenters. The van der Waals surface area contributed by atoms with Gasteiger partial charge in [0.2, 0.25) is 10.0 Å². The Balaban J connectivity index is 2.12. The number of nitrogens with zero attached hydrogens (tertiary/aromatic N) is 3. The molecule has 0 saturated carbocycles. The van der Waals surface area contributed by atoms with Crippen LogP contribution in [0.5, 0.6) is 0 Å². The molecule has 0 aliphatic rings. The zero-order valence-electron chi connectivity index (χ0n) is 10.7. The molecule has 0 radical (unpaired) electrons. The van der Waals surface area contributed by atoms with Crippen LogP contribution in [0.2, 0.25) is 0 Å². The number of nitrogens with two attached hydrogens (primary N) is 1. The molecule has 0 spiro atoms. The van der Waals surface area contributed by atoms with Crippen LogP contribution in [-0.2, 0) is 21.4 Å². The number of aromatic nitrogens is 3. The second-order valence-electron chi connectivity index (χ2n) is 4.11. The van der Waals surface area contributed by atoms with Crippen molar-refractivity contribution in [3.63, 3.8) is 0 Å². The van der Waals surface area contributed by atoms with E-state index in [4.69, 9.17) is 10.2 Å². The molecule has 0 unspecified atom stereocenters. The van der Waals surface area contributed by atoms with Gasteiger partial charge in [-0.2, -0.15) is 0 Å². The van der Waals surface area contributed by atoms with Gasteiger partial charge in [-0.05, 0) is 17.7 Å². The third-order valence-electron chi connectivity index (χ3n) is 2.51. The smallest absolute Gasteiger partial charge is 0.313 e. The number of carbonyl (C=O) groups is 1. The third kappa shape index (κ3) is 4.28. The molecule has 0 bridgehead atoms. The molecule has 112 valence electrons. The maximum atomic E-state index is 11.2. The van der Waals surface area contributed by atoms with Crippen molar-refractivity contribution in [1.29, 1.82) is 0 Å². The summed E-state index contributed by atoms with van der Waals surface area (Å²) < 4.78 is 24.0. The zero-order chi connectivity index (χ0) is 15.5. The first-order valence-corrected chi connectivity index (χ1v) is 8.23. The fourth-order valence-electron chi connectivity index (χ4n) is 1.57. The summed E-state index contributed by atoms with van der Waals surface area (Å²) in [5, 5.41) is 21.7. The highest BCUT2D eigenvalue weighted by molar-refractivity contribution is 7.99. The second-order valence-corrected chi connectivity index (χ2v) is 6.62. The highest BCUT2D eigenvalue weighted by atomic mass is 32.2. The van der Waals surface area contributed by atoms with Gasteiger partial charge >= 0.3 is 5.97 Å². The minimum atomic E-state index is -3.71. The molecule has 1 aromatic heterocycles. The van der Waals surface area contributed by atoms with Gasteiger partial charge in [0, 0.05) is 0 Å². The first kappa shape index (κ1) is 15.5. The number of rotatable bonds is 6. The Hall–Kier alpha value is -1.91. The van der Waals surface area contributed by atoms with Gasteiger partial charge in [0.05, 0.1) is 17.2 Å². The highest BCUT2D eigenvalue weighted by Crippen LogP contribution is 2.16. The quantitative estimate of drug-likeness (QED) is 0.722. The van der Waals surface area contributed by atoms with E-state index in [1.165, 1.54) is 18.5 Å². The lowest BCUT2D eigenvalue weighted by Gasteiger charge is -2.06. The first-order chi connectivity index (χ1) is 9.86. The van der Waals surface area contributed by atoms with Crippen molar-refractivity contribution < 1.29 is 18.3 Å². The van der Waals surface area contributed by atoms with Crippen LogP contribution in [0.3, 0.4) is 0 Å². The van der Waals surface area contributed by atoms with Crippen LogP contribution in [-0.4, -0.2) is 40.0 Å². The molecule has 0 amide bonds. The number of sulfonamides is 1. The van der Waals surface area contributed by atoms with Gasteiger partial charge in [0.15, 0.2) is 5.16 Å². The summed E-state index contributed by atoms with van der Waals surface area (Å²) in [5.74, 6) is -1.05. The van der Waals surface area contributed by atoms with Crippen LogP contribution in [0.1, 0.15) is 5.56 Å². The molecule has 21 heavy (non-hydrogen) atoms. The van der Waals surface area contributed by atoms with Crippen molar-refractivity contribution in [2.24, 2.45) is 5.14 Å². The summed E-state index contributed by atoms with van der Waals surface area (Å²) in [5.41, 5.74) is 0.819. The van der Waals surface area contributed by atoms with Crippen molar-refractivity contribution in [3.05, 3.63) is 36.2 Å². The summed E-state index contributed by atoms with van der Waals surface area (Å²) >= 11 is 1.06. The fourth-order valence-corrected chi connectivity index (χ4v) is 2.72. The van der Waals surface area contributed by atoms with Gasteiger partial charge in [-0.15, -0.1) is 10.2 Å². The molecule has 2 aromatic rings. The van der Waals surface area contributed by atoms with Gasteiger partial charge < -0.3 is 9.67 Å². The number of thioether (sulfide) groups is 1. The lowest BCUT2D eigenvalue weighted by Crippen LogP contribution is -2.12. The van der Waals surface area contributed by atoms with E-state index in [1.807, 2.05) is 0 Å². The Kier molecular flexibility index (Phi) is 4.60. The van der Waals surface area contributed by atoms with E-state index in [2.05, 4.69) is 10.2 Å². The molecule has 2 rings (SSSR count). The van der Waals surface area contributed by atoms with Crippen LogP contribution >= 0.6 is 11.8 Å². The van der Waals surface area contributed by atoms with Crippen molar-refractivity contribution in [3.8, 4) is 0 Å². The Morgan fingerprint density at radius 2 is 2.00 bits per heavy atom. The first-order valence-electron chi connectivity index (χ1n) is 5.70. The Morgan fingerprint density at radius 1 is 1.33 bits per heavy atom. The number of carboxylic acids is 1. The third-order valence-corrected chi connectivity index (χ3v) is 4.40. The predicted octanol–water partition coefficient (Wildman–Crippen LogP) is 0.150. The van der Waals surface area contributed by atoms with E-state index < -0.39 is 16.0 Å². The van der Waals surface area contributed by atoms with E-state index in [0.29, 0.717) is 11.7 Å². The van der Waals surface area contributed by atoms with Gasteiger partial charge in [-0.3, -0.25) is 4.79 Å². The number of benzene rings is 1. The van der Waals surface area contributed by atoms with E-state index in [9.17, 15) is 13.2 Å². The lowest BCUT2D eigenvalue weighted by atomic mass is 10.2. The van der Waals surface area contributed by atoms with Crippen LogP contribution in [0, 0.1) is 0 Å². The summed E-state index contributed by atoms with van der Waals surface area (Å²) in [6.45, 7) is 0.403. The molecule has 0 aliphatic heterocycles. The molecule has 1 heterocycles. The predicted molar refractivity (Wildman–Crippen MR) is 75.3 cm³/mol. The van der Waals surface area contributed by atoms with E-state index in [0.717, 1.165) is 17.3 Å². The van der Waals surface area contributed by atoms with E-state index >= 15 is 0 Å². The van der Waals surface area contributed by atoms with Crippen LogP contribution in [0.15, 0.2) is 40.6 Å². The van der Waals surface area contributed by atoms with Crippen molar-refractivity contribution >= 4 is 27.8 Å². The van der Waals surface area contributed by atoms with E-state index in [-0.39, 0.29) is 10.6 Å². The number of hydrogen-bond acceptors (Lipinski definition) is 6. The highest BCUT2D eigenvalue weighted by Gasteiger charge is 2.10. The molecular formula is C11H12N4O4S2. The fraction of sp³-hybridized carbons (Fsp3) is 0.182. The maximum Gasteiger partial charge on any atom is 0.313 e. The number of hydrogen-bond donors (Lipinski definition) is 2. The monoisotopic (exact) mass is 328 g/mol. The summed E-state index contributed by atoms with van der Waals surface area (Å²) in [6.07, 6.45) is 1.48. The Labute approximate surface area is 125 Å². The summed E-state index contributed by atoms with van der Waals surface area (Å²) in [4.78, 5) is 10.6. The molecule has 0 saturated heterocycles. The number of primary sulfonamides is 1. The van der Waals surface area contributed by atoms with Crippen molar-refractivity contribution in [2.75, 3.05) is 5.75 Å². The molecular weight excluding hydrogens is 316 g/mol. The standard InChI is InChI=1S/C11H12N4O4S2/c12-21(18,19)9-3-1-8(2-4-9)5-15-7-13-14-11(15)20-6-10(16)17/h1-4,7H,5-6H2,(H,16,17)(H2,12,18,19). The average molecular weight is 328 g/mol. The second kappa shape index (κ2) is 6.24. The zero-order valence-corrected chi connectivity index (χ0v) is 12.3. The van der Waals surface area contributed by atoms with Gasteiger partial charge in [0.1, 0.15) is 6.33 Å². The Morgan fingerprint density at radius 3 is 2.57 bits per heavy atom. The van der Waals surface area contributed by atoms with E-state index in [1.54, 1.807) is 16.7 Å². The minimum absolute atomic E-state index is 0.0375. The van der Waals surface area contributed by atoms with Gasteiger partial charge in [0.25, 0.3) is 0 Å². The van der Waals surface area contributed by atoms with Crippen molar-refractivity contribution in [1.82, 2.24) is 14.8 Å². The topological polar surface area (TPSA) is 128 Å². The minimum Gasteiger partial charge on any atom is -0.481 e. The largest absolute Gasteiger partial charge is 0.481 e. The molecule has 1 aromatic carbocycles. The SMILES string of the molecule is NS(=O)(=O)c1ccc(Cn2cnnc2SCC(=O)O)cc1. The molecule has 0 aliphatic carbocycles. The number of aliphatic carboxylic acids is 1. The Bertz CT molecular complexity index is 740. The maximum absolute atomic E-state index is 11.2. The van der Waals surface area contributed by atoms with Crippen LogP contribution < -0.4 is 5.14 Å². The normalized spacial score (nSPS) is 11.5. The number of carboxylic acid groups (broad SMARTS) is 1. The van der Waals surface area contributed by atoms with Crippen LogP contribution in [0.4, 0.5) is 0 Å². The lowest BCUT2D eigenvalue weighted by molar-refractivity contribution is -0.133. The molecule has 8 nitrogen and oxygen atoms in total. The summed E-state index contributed by atoms with van der Waals surface area (Å²) in [6, 6.07) is 6.09. The molecule has 3 N–H and O–H groups in total. The van der Waals surface area contributed by atoms with Crippen molar-refractivity contribution in [2.45, 2.75) is 16.6 Å². The molecule has 0 fully saturated rings. The average Bonchev–Trinajstić information content (AvgIpc) is 2.83. The van der Waals surface area contributed by atoms with Gasteiger partial charge in [-0.1, -0.05) is 23.9 Å². The molecule has 10 heteroatoms.